The Bertz CT molecular complexity index is 625. The number of hydrogen-bond donors (Lipinski definition) is 1. The number of nitrogens with zero attached hydrogens (tertiary/aromatic N) is 1. The van der Waals surface area contributed by atoms with Crippen molar-refractivity contribution in [3.05, 3.63) is 45.2 Å². The van der Waals surface area contributed by atoms with Crippen molar-refractivity contribution >= 4 is 23.0 Å². The first-order valence-electron chi connectivity index (χ1n) is 5.61. The maximum Gasteiger partial charge on any atom is 0.341 e. The van der Waals surface area contributed by atoms with Gasteiger partial charge in [0.15, 0.2) is 0 Å². The zero-order chi connectivity index (χ0) is 14.0. The van der Waals surface area contributed by atoms with Gasteiger partial charge in [-0.05, 0) is 31.5 Å². The van der Waals surface area contributed by atoms with E-state index >= 15 is 0 Å². The lowest BCUT2D eigenvalue weighted by molar-refractivity contribution is 0.0462. The largest absolute Gasteiger partial charge is 0.455 e. The Hall–Kier alpha value is -1.95. The quantitative estimate of drug-likeness (QED) is 0.693. The van der Waals surface area contributed by atoms with E-state index in [4.69, 9.17) is 10.5 Å². The summed E-state index contributed by atoms with van der Waals surface area (Å²) < 4.78 is 18.8. The van der Waals surface area contributed by atoms with Gasteiger partial charge in [0.2, 0.25) is 0 Å². The number of anilines is 1. The van der Waals surface area contributed by atoms with E-state index in [1.807, 2.05) is 6.92 Å². The third-order valence-corrected chi connectivity index (χ3v) is 3.34. The summed E-state index contributed by atoms with van der Waals surface area (Å²) in [6.45, 7) is 3.43. The van der Waals surface area contributed by atoms with Crippen LogP contribution in [-0.2, 0) is 11.3 Å². The Morgan fingerprint density at radius 1 is 1.47 bits per heavy atom. The third kappa shape index (κ3) is 3.08. The van der Waals surface area contributed by atoms with Crippen LogP contribution in [0, 0.1) is 19.7 Å². The molecule has 0 saturated heterocycles. The normalized spacial score (nSPS) is 10.5. The molecule has 0 atom stereocenters. The Kier molecular flexibility index (Phi) is 3.80. The number of ether oxygens (including phenoxy) is 1. The van der Waals surface area contributed by atoms with Gasteiger partial charge in [0.25, 0.3) is 0 Å². The standard InChI is InChI=1S/C13H13FN2O2S/c1-7-3-9(15)4-11(12(7)14)13(17)18-5-10-6-19-8(2)16-10/h3-4,6H,5,15H2,1-2H3. The monoisotopic (exact) mass is 280 g/mol. The van der Waals surface area contributed by atoms with Crippen molar-refractivity contribution in [3.8, 4) is 0 Å². The number of aryl methyl sites for hydroxylation is 2. The van der Waals surface area contributed by atoms with Crippen molar-refractivity contribution in [1.82, 2.24) is 4.98 Å². The second-order valence-corrected chi connectivity index (χ2v) is 5.20. The predicted octanol–water partition coefficient (Wildman–Crippen LogP) is 2.84. The van der Waals surface area contributed by atoms with E-state index in [1.54, 1.807) is 12.3 Å². The van der Waals surface area contributed by atoms with Crippen LogP contribution < -0.4 is 5.73 Å². The molecular weight excluding hydrogens is 267 g/mol. The van der Waals surface area contributed by atoms with Crippen molar-refractivity contribution < 1.29 is 13.9 Å². The van der Waals surface area contributed by atoms with Crippen LogP contribution in [0.5, 0.6) is 0 Å². The minimum Gasteiger partial charge on any atom is -0.455 e. The van der Waals surface area contributed by atoms with E-state index in [0.29, 0.717) is 16.9 Å². The average molecular weight is 280 g/mol. The van der Waals surface area contributed by atoms with E-state index in [-0.39, 0.29) is 12.2 Å². The Morgan fingerprint density at radius 2 is 2.21 bits per heavy atom. The van der Waals surface area contributed by atoms with Gasteiger partial charge in [-0.15, -0.1) is 11.3 Å². The SMILES string of the molecule is Cc1nc(COC(=O)c2cc(N)cc(C)c2F)cs1. The van der Waals surface area contributed by atoms with Crippen LogP contribution in [0.25, 0.3) is 0 Å². The number of halogens is 1. The number of aromatic nitrogens is 1. The molecule has 4 nitrogen and oxygen atoms in total. The molecule has 0 amide bonds. The van der Waals surface area contributed by atoms with Crippen molar-refractivity contribution in [1.29, 1.82) is 0 Å². The van der Waals surface area contributed by atoms with Crippen LogP contribution in [0.1, 0.15) is 26.6 Å². The molecule has 6 heteroatoms. The van der Waals surface area contributed by atoms with Gasteiger partial charge in [0, 0.05) is 11.1 Å². The van der Waals surface area contributed by atoms with Gasteiger partial charge in [0.05, 0.1) is 16.3 Å². The number of thiazole rings is 1. The lowest BCUT2D eigenvalue weighted by atomic mass is 10.1. The molecule has 0 unspecified atom stereocenters. The molecule has 19 heavy (non-hydrogen) atoms. The summed E-state index contributed by atoms with van der Waals surface area (Å²) in [6.07, 6.45) is 0. The van der Waals surface area contributed by atoms with E-state index in [0.717, 1.165) is 5.01 Å². The summed E-state index contributed by atoms with van der Waals surface area (Å²) in [4.78, 5) is 16.0. The minimum absolute atomic E-state index is 0.0243. The molecule has 2 aromatic rings. The first kappa shape index (κ1) is 13.5. The summed E-state index contributed by atoms with van der Waals surface area (Å²) >= 11 is 1.46. The summed E-state index contributed by atoms with van der Waals surface area (Å²) in [5.41, 5.74) is 6.74. The first-order chi connectivity index (χ1) is 8.97. The number of carbonyl (C=O) groups excluding carboxylic acids is 1. The van der Waals surface area contributed by atoms with Crippen molar-refractivity contribution in [2.24, 2.45) is 0 Å². The lowest BCUT2D eigenvalue weighted by Gasteiger charge is -2.07. The van der Waals surface area contributed by atoms with Crippen LogP contribution in [-0.4, -0.2) is 11.0 Å². The molecule has 0 aliphatic heterocycles. The number of rotatable bonds is 3. The molecule has 100 valence electrons. The Balaban J connectivity index is 2.12. The predicted molar refractivity (Wildman–Crippen MR) is 71.5 cm³/mol. The van der Waals surface area contributed by atoms with Crippen molar-refractivity contribution in [3.63, 3.8) is 0 Å². The molecule has 0 saturated carbocycles. The van der Waals surface area contributed by atoms with Crippen LogP contribution in [0.3, 0.4) is 0 Å². The number of carbonyl (C=O) groups is 1. The zero-order valence-electron chi connectivity index (χ0n) is 10.6. The highest BCUT2D eigenvalue weighted by atomic mass is 32.1. The topological polar surface area (TPSA) is 65.2 Å². The molecule has 0 aliphatic rings. The van der Waals surface area contributed by atoms with Crippen LogP contribution in [0.15, 0.2) is 17.5 Å². The third-order valence-electron chi connectivity index (χ3n) is 2.51. The Morgan fingerprint density at radius 3 is 2.84 bits per heavy atom. The highest BCUT2D eigenvalue weighted by Crippen LogP contribution is 2.18. The fourth-order valence-corrected chi connectivity index (χ4v) is 2.24. The van der Waals surface area contributed by atoms with Gasteiger partial charge in [-0.1, -0.05) is 0 Å². The molecule has 0 bridgehead atoms. The summed E-state index contributed by atoms with van der Waals surface area (Å²) in [7, 11) is 0. The summed E-state index contributed by atoms with van der Waals surface area (Å²) in [6, 6.07) is 2.74. The van der Waals surface area contributed by atoms with E-state index < -0.39 is 11.8 Å². The average Bonchev–Trinajstić information content (AvgIpc) is 2.76. The molecule has 2 N–H and O–H groups in total. The fourth-order valence-electron chi connectivity index (χ4n) is 1.64. The van der Waals surface area contributed by atoms with Gasteiger partial charge in [-0.3, -0.25) is 0 Å². The second-order valence-electron chi connectivity index (χ2n) is 4.13. The number of benzene rings is 1. The fraction of sp³-hybridized carbons (Fsp3) is 0.231. The molecular formula is C13H13FN2O2S. The molecule has 0 aliphatic carbocycles. The first-order valence-corrected chi connectivity index (χ1v) is 6.49. The number of nitrogens with two attached hydrogens (primary N) is 1. The number of nitrogen functional groups attached to an aromatic ring is 1. The molecule has 1 aromatic carbocycles. The molecule has 1 aromatic heterocycles. The van der Waals surface area contributed by atoms with Crippen molar-refractivity contribution in [2.45, 2.75) is 20.5 Å². The maximum absolute atomic E-state index is 13.8. The van der Waals surface area contributed by atoms with Gasteiger partial charge < -0.3 is 10.5 Å². The van der Waals surface area contributed by atoms with Gasteiger partial charge in [-0.25, -0.2) is 14.2 Å². The number of esters is 1. The van der Waals surface area contributed by atoms with E-state index in [1.165, 1.54) is 23.5 Å². The van der Waals surface area contributed by atoms with Crippen LogP contribution >= 0.6 is 11.3 Å². The zero-order valence-corrected chi connectivity index (χ0v) is 11.4. The molecule has 2 rings (SSSR count). The minimum atomic E-state index is -0.737. The molecule has 0 radical (unpaired) electrons. The lowest BCUT2D eigenvalue weighted by Crippen LogP contribution is -2.09. The molecule has 0 spiro atoms. The molecule has 0 fully saturated rings. The Labute approximate surface area is 114 Å². The molecule has 1 heterocycles. The second kappa shape index (κ2) is 5.36. The highest BCUT2D eigenvalue weighted by Gasteiger charge is 2.16. The maximum atomic E-state index is 13.8. The number of hydrogen-bond acceptors (Lipinski definition) is 5. The van der Waals surface area contributed by atoms with E-state index in [2.05, 4.69) is 4.98 Å². The van der Waals surface area contributed by atoms with Crippen LogP contribution in [0.2, 0.25) is 0 Å². The van der Waals surface area contributed by atoms with E-state index in [9.17, 15) is 9.18 Å². The summed E-state index contributed by atoms with van der Waals surface area (Å²) in [5.74, 6) is -1.34. The highest BCUT2D eigenvalue weighted by molar-refractivity contribution is 7.09. The van der Waals surface area contributed by atoms with Gasteiger partial charge >= 0.3 is 5.97 Å². The van der Waals surface area contributed by atoms with Gasteiger partial charge in [-0.2, -0.15) is 0 Å². The van der Waals surface area contributed by atoms with Crippen molar-refractivity contribution in [2.75, 3.05) is 5.73 Å². The summed E-state index contributed by atoms with van der Waals surface area (Å²) in [5, 5.41) is 2.68. The van der Waals surface area contributed by atoms with Crippen LogP contribution in [0.4, 0.5) is 10.1 Å². The van der Waals surface area contributed by atoms with Gasteiger partial charge in [0.1, 0.15) is 12.4 Å². The smallest absolute Gasteiger partial charge is 0.341 e.